The minimum Gasteiger partial charge on any atom is -0.465 e. The maximum Gasteiger partial charge on any atom is 0.405 e. The Hall–Kier alpha value is -3.15. The first-order valence-corrected chi connectivity index (χ1v) is 9.70. The van der Waals surface area contributed by atoms with Crippen molar-refractivity contribution < 1.29 is 41.8 Å². The fraction of sp³-hybridized carbons (Fsp3) is 0.500. The lowest BCUT2D eigenvalue weighted by molar-refractivity contribution is -0.141. The highest BCUT2D eigenvalue weighted by Crippen LogP contribution is 2.20. The van der Waals surface area contributed by atoms with Crippen LogP contribution >= 0.6 is 0 Å². The number of amides is 2. The van der Waals surface area contributed by atoms with Gasteiger partial charge in [-0.1, -0.05) is 0 Å². The number of nitrogens with one attached hydrogen (secondary N) is 2. The number of likely N-dealkylation sites (tertiary alicyclic amines) is 1. The van der Waals surface area contributed by atoms with Gasteiger partial charge in [-0.25, -0.2) is 9.59 Å². The Bertz CT molecular complexity index is 832. The molecule has 2 rings (SSSR count). The molecule has 32 heavy (non-hydrogen) atoms. The topological polar surface area (TPSA) is 114 Å². The molecule has 176 valence electrons. The monoisotopic (exact) mass is 459 g/mol. The van der Waals surface area contributed by atoms with Crippen LogP contribution in [-0.2, 0) is 19.1 Å². The van der Waals surface area contributed by atoms with E-state index in [-0.39, 0.29) is 23.4 Å². The standard InChI is InChI=1S/C20H24F3N3O6/c1-31-18(29)13-7-14(19(30)32-2)9-15(8-13)25-16(27)10-26-5-3-12(4-6-26)17(28)24-11-20(21,22)23/h7-9,12H,3-6,10-11H2,1-2H3,(H,24,28)(H,25,27). The lowest BCUT2D eigenvalue weighted by atomic mass is 9.96. The van der Waals surface area contributed by atoms with Crippen molar-refractivity contribution in [3.05, 3.63) is 29.3 Å². The van der Waals surface area contributed by atoms with Crippen molar-refractivity contribution in [3.8, 4) is 0 Å². The zero-order chi connectivity index (χ0) is 23.9. The van der Waals surface area contributed by atoms with Gasteiger partial charge in [-0.2, -0.15) is 13.2 Å². The maximum absolute atomic E-state index is 12.4. The van der Waals surface area contributed by atoms with Gasteiger partial charge in [0.2, 0.25) is 11.8 Å². The van der Waals surface area contributed by atoms with Crippen LogP contribution in [0.15, 0.2) is 18.2 Å². The van der Waals surface area contributed by atoms with Gasteiger partial charge in [0.25, 0.3) is 0 Å². The van der Waals surface area contributed by atoms with Gasteiger partial charge in [-0.3, -0.25) is 14.5 Å². The predicted molar refractivity (Wildman–Crippen MR) is 106 cm³/mol. The molecule has 1 heterocycles. The van der Waals surface area contributed by atoms with Crippen LogP contribution in [0, 0.1) is 5.92 Å². The lowest BCUT2D eigenvalue weighted by Crippen LogP contribution is -2.44. The third-order valence-corrected chi connectivity index (χ3v) is 4.85. The smallest absolute Gasteiger partial charge is 0.405 e. The van der Waals surface area contributed by atoms with E-state index in [1.165, 1.54) is 32.4 Å². The minimum atomic E-state index is -4.46. The number of piperidine rings is 1. The van der Waals surface area contributed by atoms with Crippen molar-refractivity contribution in [2.24, 2.45) is 5.92 Å². The number of nitrogens with zero attached hydrogens (tertiary/aromatic N) is 1. The number of carbonyl (C=O) groups excluding carboxylic acids is 4. The van der Waals surface area contributed by atoms with Crippen molar-refractivity contribution in [3.63, 3.8) is 0 Å². The molecule has 12 heteroatoms. The van der Waals surface area contributed by atoms with Gasteiger partial charge in [-0.15, -0.1) is 0 Å². The number of ether oxygens (including phenoxy) is 2. The first kappa shape index (κ1) is 25.1. The number of benzene rings is 1. The molecule has 0 unspecified atom stereocenters. The van der Waals surface area contributed by atoms with E-state index in [4.69, 9.17) is 0 Å². The fourth-order valence-corrected chi connectivity index (χ4v) is 3.26. The van der Waals surface area contributed by atoms with Crippen LogP contribution in [0.2, 0.25) is 0 Å². The van der Waals surface area contributed by atoms with Crippen LogP contribution < -0.4 is 10.6 Å². The predicted octanol–water partition coefficient (Wildman–Crippen LogP) is 1.59. The van der Waals surface area contributed by atoms with Gasteiger partial charge in [0.15, 0.2) is 0 Å². The molecule has 0 saturated carbocycles. The summed E-state index contributed by atoms with van der Waals surface area (Å²) in [5, 5.41) is 4.48. The van der Waals surface area contributed by atoms with E-state index >= 15 is 0 Å². The molecule has 2 N–H and O–H groups in total. The molecule has 0 radical (unpaired) electrons. The summed E-state index contributed by atoms with van der Waals surface area (Å²) in [6.45, 7) is -0.695. The van der Waals surface area contributed by atoms with Crippen LogP contribution in [-0.4, -0.2) is 75.2 Å². The van der Waals surface area contributed by atoms with E-state index in [1.807, 2.05) is 5.32 Å². The van der Waals surface area contributed by atoms with Crippen molar-refractivity contribution >= 4 is 29.4 Å². The van der Waals surface area contributed by atoms with Crippen LogP contribution in [0.4, 0.5) is 18.9 Å². The summed E-state index contributed by atoms with van der Waals surface area (Å²) in [5.74, 6) is -3.02. The number of methoxy groups -OCH3 is 2. The number of alkyl halides is 3. The molecule has 1 fully saturated rings. The zero-order valence-electron chi connectivity index (χ0n) is 17.6. The summed E-state index contributed by atoms with van der Waals surface area (Å²) in [4.78, 5) is 49.7. The molecule has 1 aromatic rings. The van der Waals surface area contributed by atoms with Gasteiger partial charge < -0.3 is 20.1 Å². The summed E-state index contributed by atoms with van der Waals surface area (Å²) in [6, 6.07) is 3.99. The molecular formula is C20H24F3N3O6. The van der Waals surface area contributed by atoms with E-state index in [0.717, 1.165) is 0 Å². The Morgan fingerprint density at radius 3 is 2.00 bits per heavy atom. The van der Waals surface area contributed by atoms with Crippen molar-refractivity contribution in [1.82, 2.24) is 10.2 Å². The van der Waals surface area contributed by atoms with Crippen molar-refractivity contribution in [1.29, 1.82) is 0 Å². The SMILES string of the molecule is COC(=O)c1cc(NC(=O)CN2CCC(C(=O)NCC(F)(F)F)CC2)cc(C(=O)OC)c1. The Morgan fingerprint density at radius 1 is 1.00 bits per heavy atom. The highest BCUT2D eigenvalue weighted by Gasteiger charge is 2.31. The Labute approximate surface area is 182 Å². The van der Waals surface area contributed by atoms with Crippen molar-refractivity contribution in [2.75, 3.05) is 45.7 Å². The second kappa shape index (κ2) is 10.9. The first-order valence-electron chi connectivity index (χ1n) is 9.70. The molecule has 1 aromatic carbocycles. The Morgan fingerprint density at radius 2 is 1.53 bits per heavy atom. The number of carbonyl (C=O) groups is 4. The summed E-state index contributed by atoms with van der Waals surface area (Å²) in [5.41, 5.74) is 0.299. The van der Waals surface area contributed by atoms with Gasteiger partial charge in [0.05, 0.1) is 31.9 Å². The Balaban J connectivity index is 1.92. The van der Waals surface area contributed by atoms with Gasteiger partial charge >= 0.3 is 18.1 Å². The average Bonchev–Trinajstić information content (AvgIpc) is 2.75. The number of halogens is 3. The van der Waals surface area contributed by atoms with Gasteiger partial charge in [0, 0.05) is 11.6 Å². The van der Waals surface area contributed by atoms with Gasteiger partial charge in [-0.05, 0) is 44.1 Å². The molecule has 1 aliphatic heterocycles. The molecule has 0 bridgehead atoms. The third-order valence-electron chi connectivity index (χ3n) is 4.85. The molecule has 0 aliphatic carbocycles. The number of hydrogen-bond donors (Lipinski definition) is 2. The number of rotatable bonds is 7. The zero-order valence-corrected chi connectivity index (χ0v) is 17.6. The summed E-state index contributed by atoms with van der Waals surface area (Å²) in [6.07, 6.45) is -3.82. The summed E-state index contributed by atoms with van der Waals surface area (Å²) >= 11 is 0. The molecule has 0 atom stereocenters. The van der Waals surface area contributed by atoms with Crippen LogP contribution in [0.1, 0.15) is 33.6 Å². The Kier molecular flexibility index (Phi) is 8.58. The molecule has 0 spiro atoms. The third kappa shape index (κ3) is 7.52. The van der Waals surface area contributed by atoms with E-state index < -0.39 is 42.4 Å². The molecule has 2 amide bonds. The van der Waals surface area contributed by atoms with E-state index in [0.29, 0.717) is 25.9 Å². The highest BCUT2D eigenvalue weighted by molar-refractivity contribution is 5.99. The molecule has 9 nitrogen and oxygen atoms in total. The van der Waals surface area contributed by atoms with E-state index in [9.17, 15) is 32.3 Å². The molecular weight excluding hydrogens is 435 g/mol. The first-order chi connectivity index (χ1) is 15.0. The lowest BCUT2D eigenvalue weighted by Gasteiger charge is -2.30. The normalized spacial score (nSPS) is 15.0. The van der Waals surface area contributed by atoms with E-state index in [1.54, 1.807) is 4.90 Å². The molecule has 0 aromatic heterocycles. The second-order valence-electron chi connectivity index (χ2n) is 7.21. The van der Waals surface area contributed by atoms with Crippen LogP contribution in [0.25, 0.3) is 0 Å². The quantitative estimate of drug-likeness (QED) is 0.596. The number of anilines is 1. The van der Waals surface area contributed by atoms with Gasteiger partial charge in [0.1, 0.15) is 6.54 Å². The molecule has 1 saturated heterocycles. The number of esters is 2. The maximum atomic E-state index is 12.4. The van der Waals surface area contributed by atoms with Crippen molar-refractivity contribution in [2.45, 2.75) is 19.0 Å². The fourth-order valence-electron chi connectivity index (χ4n) is 3.26. The summed E-state index contributed by atoms with van der Waals surface area (Å²) < 4.78 is 46.0. The summed E-state index contributed by atoms with van der Waals surface area (Å²) in [7, 11) is 2.36. The molecule has 1 aliphatic rings. The second-order valence-corrected chi connectivity index (χ2v) is 7.21. The van der Waals surface area contributed by atoms with Crippen LogP contribution in [0.5, 0.6) is 0 Å². The highest BCUT2D eigenvalue weighted by atomic mass is 19.4. The minimum absolute atomic E-state index is 0.0348. The number of hydrogen-bond acceptors (Lipinski definition) is 7. The largest absolute Gasteiger partial charge is 0.465 e. The van der Waals surface area contributed by atoms with E-state index in [2.05, 4.69) is 14.8 Å². The van der Waals surface area contributed by atoms with Crippen LogP contribution in [0.3, 0.4) is 0 Å². The average molecular weight is 459 g/mol.